The molecule has 1 aliphatic carbocycles. The first-order chi connectivity index (χ1) is 15.0. The van der Waals surface area contributed by atoms with E-state index >= 15 is 0 Å². The van der Waals surface area contributed by atoms with Gasteiger partial charge in [-0.05, 0) is 49.8 Å². The van der Waals surface area contributed by atoms with Crippen molar-refractivity contribution in [1.29, 1.82) is 0 Å². The molecular formula is C25H27N3O2S. The summed E-state index contributed by atoms with van der Waals surface area (Å²) in [5.41, 5.74) is 7.41. The van der Waals surface area contributed by atoms with Crippen molar-refractivity contribution in [3.8, 4) is 11.1 Å². The number of hydrogen-bond acceptors (Lipinski definition) is 3. The third-order valence-corrected chi connectivity index (χ3v) is 7.99. The lowest BCUT2D eigenvalue weighted by molar-refractivity contribution is -0.134. The zero-order valence-corrected chi connectivity index (χ0v) is 18.7. The average molecular weight is 434 g/mol. The van der Waals surface area contributed by atoms with Crippen LogP contribution in [0.25, 0.3) is 22.0 Å². The number of fused-ring (bicyclic) bond motifs is 1. The van der Waals surface area contributed by atoms with Gasteiger partial charge in [-0.25, -0.2) is 5.01 Å². The first-order valence-corrected chi connectivity index (χ1v) is 11.9. The highest BCUT2D eigenvalue weighted by Gasteiger charge is 2.49. The minimum Gasteiger partial charge on any atom is -0.350 e. The van der Waals surface area contributed by atoms with Crippen molar-refractivity contribution in [3.63, 3.8) is 0 Å². The summed E-state index contributed by atoms with van der Waals surface area (Å²) >= 11 is 1.68. The Hall–Kier alpha value is -2.73. The maximum absolute atomic E-state index is 13.6. The normalized spacial score (nSPS) is 23.6. The number of nitrogens with zero attached hydrogens (tertiary/aromatic N) is 1. The van der Waals surface area contributed by atoms with Gasteiger partial charge in [0.2, 0.25) is 0 Å². The SMILES string of the molecule is Cc1ccc2[nH]c(C(=O)NN3C(=O)CSC34CCCC(C)C4)c(-c3ccccc3)c2c1. The van der Waals surface area contributed by atoms with Gasteiger partial charge in [-0.15, -0.1) is 11.8 Å². The van der Waals surface area contributed by atoms with Gasteiger partial charge in [0.1, 0.15) is 10.6 Å². The van der Waals surface area contributed by atoms with Crippen LogP contribution in [0.4, 0.5) is 0 Å². The van der Waals surface area contributed by atoms with Gasteiger partial charge in [-0.1, -0.05) is 55.3 Å². The number of benzene rings is 2. The third-order valence-electron chi connectivity index (χ3n) is 6.51. The number of carbonyl (C=O) groups excluding carboxylic acids is 2. The number of thioether (sulfide) groups is 1. The Bertz CT molecular complexity index is 1160. The molecule has 5 nitrogen and oxygen atoms in total. The minimum absolute atomic E-state index is 0.0133. The van der Waals surface area contributed by atoms with E-state index in [1.807, 2.05) is 42.5 Å². The van der Waals surface area contributed by atoms with E-state index in [9.17, 15) is 9.59 Å². The van der Waals surface area contributed by atoms with Gasteiger partial charge >= 0.3 is 0 Å². The maximum Gasteiger partial charge on any atom is 0.286 e. The number of aromatic nitrogens is 1. The molecule has 2 atom stereocenters. The molecule has 2 unspecified atom stereocenters. The molecule has 2 fully saturated rings. The van der Waals surface area contributed by atoms with Crippen molar-refractivity contribution < 1.29 is 9.59 Å². The van der Waals surface area contributed by atoms with E-state index in [4.69, 9.17) is 0 Å². The van der Waals surface area contributed by atoms with E-state index in [1.54, 1.807) is 16.8 Å². The molecule has 1 saturated carbocycles. The van der Waals surface area contributed by atoms with Gasteiger partial charge in [0.25, 0.3) is 11.8 Å². The molecule has 2 amide bonds. The summed E-state index contributed by atoms with van der Waals surface area (Å²) in [6.07, 6.45) is 4.10. The number of nitrogens with one attached hydrogen (secondary N) is 2. The zero-order chi connectivity index (χ0) is 21.6. The first kappa shape index (κ1) is 20.2. The number of hydrazine groups is 1. The van der Waals surface area contributed by atoms with Crippen LogP contribution in [0.3, 0.4) is 0 Å². The number of rotatable bonds is 3. The summed E-state index contributed by atoms with van der Waals surface area (Å²) in [5.74, 6) is 0.689. The van der Waals surface area contributed by atoms with Gasteiger partial charge in [0.15, 0.2) is 0 Å². The molecule has 5 rings (SSSR count). The van der Waals surface area contributed by atoms with E-state index in [2.05, 4.69) is 30.3 Å². The van der Waals surface area contributed by atoms with Gasteiger partial charge in [-0.3, -0.25) is 15.0 Å². The Morgan fingerprint density at radius 2 is 2.03 bits per heavy atom. The molecule has 6 heteroatoms. The van der Waals surface area contributed by atoms with E-state index in [1.165, 1.54) is 6.42 Å². The second-order valence-corrected chi connectivity index (χ2v) is 10.2. The van der Waals surface area contributed by atoms with Crippen molar-refractivity contribution in [2.75, 3.05) is 5.75 Å². The predicted octanol–water partition coefficient (Wildman–Crippen LogP) is 5.27. The molecule has 2 aromatic carbocycles. The molecule has 2 aliphatic rings. The Labute approximate surface area is 186 Å². The van der Waals surface area contributed by atoms with Crippen LogP contribution in [0.15, 0.2) is 48.5 Å². The standard InChI is InChI=1S/C25H27N3O2S/c1-16-10-11-20-19(13-16)22(18-8-4-3-5-9-18)23(26-20)24(30)27-28-21(29)15-31-25(28)12-6-7-17(2)14-25/h3-5,8-11,13,17,26H,6-7,12,14-15H2,1-2H3,(H,27,30). The molecule has 3 aromatic rings. The molecule has 2 heterocycles. The molecule has 1 saturated heterocycles. The van der Waals surface area contributed by atoms with Crippen molar-refractivity contribution in [3.05, 3.63) is 59.8 Å². The highest BCUT2D eigenvalue weighted by molar-refractivity contribution is 8.01. The average Bonchev–Trinajstić information content (AvgIpc) is 3.27. The monoisotopic (exact) mass is 433 g/mol. The summed E-state index contributed by atoms with van der Waals surface area (Å²) in [5, 5.41) is 2.65. The minimum atomic E-state index is -0.320. The fourth-order valence-electron chi connectivity index (χ4n) is 5.06. The van der Waals surface area contributed by atoms with E-state index in [-0.39, 0.29) is 16.7 Å². The van der Waals surface area contributed by atoms with E-state index < -0.39 is 0 Å². The second-order valence-electron chi connectivity index (χ2n) is 8.90. The number of hydrogen-bond donors (Lipinski definition) is 2. The number of carbonyl (C=O) groups is 2. The van der Waals surface area contributed by atoms with Crippen LogP contribution in [-0.4, -0.2) is 32.4 Å². The Kier molecular flexibility index (Phi) is 5.05. The molecule has 0 bridgehead atoms. The predicted molar refractivity (Wildman–Crippen MR) is 126 cm³/mol. The van der Waals surface area contributed by atoms with Gasteiger partial charge in [0, 0.05) is 16.5 Å². The van der Waals surface area contributed by atoms with Crippen molar-refractivity contribution >= 4 is 34.5 Å². The van der Waals surface area contributed by atoms with Crippen LogP contribution < -0.4 is 5.43 Å². The van der Waals surface area contributed by atoms with Gasteiger partial charge < -0.3 is 4.98 Å². The third kappa shape index (κ3) is 3.53. The molecule has 1 aliphatic heterocycles. The topological polar surface area (TPSA) is 65.2 Å². The van der Waals surface area contributed by atoms with Crippen molar-refractivity contribution in [1.82, 2.24) is 15.4 Å². The first-order valence-electron chi connectivity index (χ1n) is 10.9. The molecule has 160 valence electrons. The summed E-state index contributed by atoms with van der Waals surface area (Å²) in [6, 6.07) is 16.1. The van der Waals surface area contributed by atoms with Crippen LogP contribution >= 0.6 is 11.8 Å². The summed E-state index contributed by atoms with van der Waals surface area (Å²) in [6.45, 7) is 4.28. The fourth-order valence-corrected chi connectivity index (χ4v) is 6.55. The number of aryl methyl sites for hydroxylation is 1. The van der Waals surface area contributed by atoms with Crippen LogP contribution in [-0.2, 0) is 4.79 Å². The highest BCUT2D eigenvalue weighted by Crippen LogP contribution is 2.48. The summed E-state index contributed by atoms with van der Waals surface area (Å²) < 4.78 is 0. The number of H-pyrrole nitrogens is 1. The van der Waals surface area contributed by atoms with Crippen molar-refractivity contribution in [2.45, 2.75) is 44.4 Å². The summed E-state index contributed by atoms with van der Waals surface area (Å²) in [4.78, 5) is 29.3. The lowest BCUT2D eigenvalue weighted by Crippen LogP contribution is -2.56. The molecule has 31 heavy (non-hydrogen) atoms. The second kappa shape index (κ2) is 7.75. The summed E-state index contributed by atoms with van der Waals surface area (Å²) in [7, 11) is 0. The fraction of sp³-hybridized carbons (Fsp3) is 0.360. The van der Waals surface area contributed by atoms with Crippen LogP contribution in [0.2, 0.25) is 0 Å². The quantitative estimate of drug-likeness (QED) is 0.591. The molecular weight excluding hydrogens is 406 g/mol. The largest absolute Gasteiger partial charge is 0.350 e. The Morgan fingerprint density at radius 1 is 1.23 bits per heavy atom. The lowest BCUT2D eigenvalue weighted by atomic mass is 9.86. The van der Waals surface area contributed by atoms with Gasteiger partial charge in [0.05, 0.1) is 5.75 Å². The van der Waals surface area contributed by atoms with E-state index in [0.717, 1.165) is 46.9 Å². The van der Waals surface area contributed by atoms with Crippen molar-refractivity contribution in [2.24, 2.45) is 5.92 Å². The maximum atomic E-state index is 13.6. The number of amides is 2. The Balaban J connectivity index is 1.55. The number of aromatic amines is 1. The smallest absolute Gasteiger partial charge is 0.286 e. The molecule has 1 aromatic heterocycles. The molecule has 2 N–H and O–H groups in total. The van der Waals surface area contributed by atoms with E-state index in [0.29, 0.717) is 17.4 Å². The van der Waals surface area contributed by atoms with Crippen LogP contribution in [0, 0.1) is 12.8 Å². The molecule has 0 radical (unpaired) electrons. The Morgan fingerprint density at radius 3 is 2.81 bits per heavy atom. The lowest BCUT2D eigenvalue weighted by Gasteiger charge is -2.42. The van der Waals surface area contributed by atoms with Crippen LogP contribution in [0.5, 0.6) is 0 Å². The van der Waals surface area contributed by atoms with Crippen LogP contribution in [0.1, 0.15) is 48.7 Å². The zero-order valence-electron chi connectivity index (χ0n) is 17.9. The van der Waals surface area contributed by atoms with Gasteiger partial charge in [-0.2, -0.15) is 0 Å². The highest BCUT2D eigenvalue weighted by atomic mass is 32.2. The molecule has 1 spiro atoms.